The predicted octanol–water partition coefficient (Wildman–Crippen LogP) is 4.00. The lowest BCUT2D eigenvalue weighted by Crippen LogP contribution is -2.53. The summed E-state index contributed by atoms with van der Waals surface area (Å²) in [6.07, 6.45) is 5.93. The number of ether oxygens (including phenoxy) is 4. The number of hydrogen-bond donors (Lipinski definition) is 0. The summed E-state index contributed by atoms with van der Waals surface area (Å²) in [5.41, 5.74) is -0.311. The van der Waals surface area contributed by atoms with Crippen LogP contribution in [0.15, 0.2) is 0 Å². The van der Waals surface area contributed by atoms with E-state index in [9.17, 15) is 18.4 Å². The highest BCUT2D eigenvalue weighted by atomic mass is 19.3. The molecule has 4 aliphatic carbocycles. The highest BCUT2D eigenvalue weighted by molar-refractivity contribution is 5.76. The maximum atomic E-state index is 13.0. The van der Waals surface area contributed by atoms with Gasteiger partial charge in [-0.25, -0.2) is 4.79 Å². The van der Waals surface area contributed by atoms with E-state index in [4.69, 9.17) is 18.9 Å². The smallest absolute Gasteiger partial charge is 0.376 e. The largest absolute Gasteiger partial charge is 0.459 e. The van der Waals surface area contributed by atoms with E-state index in [0.717, 1.165) is 19.3 Å². The fourth-order valence-corrected chi connectivity index (χ4v) is 6.37. The lowest BCUT2D eigenvalue weighted by molar-refractivity contribution is -0.305. The van der Waals surface area contributed by atoms with Crippen molar-refractivity contribution in [3.8, 4) is 0 Å². The Labute approximate surface area is 175 Å². The molecule has 5 rings (SSSR count). The first-order valence-corrected chi connectivity index (χ1v) is 11.0. The summed E-state index contributed by atoms with van der Waals surface area (Å²) < 4.78 is 48.3. The Balaban J connectivity index is 1.32. The molecule has 2 atom stereocenters. The highest BCUT2D eigenvalue weighted by Crippen LogP contribution is 2.57. The minimum Gasteiger partial charge on any atom is -0.459 e. The first-order chi connectivity index (χ1) is 13.9. The summed E-state index contributed by atoms with van der Waals surface area (Å²) in [5, 5.41) is 0. The molecule has 1 heterocycles. The lowest BCUT2D eigenvalue weighted by atomic mass is 9.54. The third kappa shape index (κ3) is 4.96. The van der Waals surface area contributed by atoms with E-state index in [2.05, 4.69) is 0 Å². The van der Waals surface area contributed by atoms with Crippen LogP contribution in [-0.2, 0) is 28.5 Å². The van der Waals surface area contributed by atoms with Crippen molar-refractivity contribution in [1.29, 1.82) is 0 Å². The topological polar surface area (TPSA) is 71.1 Å². The zero-order valence-electron chi connectivity index (χ0n) is 18.0. The molecule has 0 aromatic rings. The van der Waals surface area contributed by atoms with Gasteiger partial charge in [-0.2, -0.15) is 8.78 Å². The van der Waals surface area contributed by atoms with Crippen LogP contribution >= 0.6 is 0 Å². The maximum absolute atomic E-state index is 13.0. The minimum atomic E-state index is -3.55. The normalized spacial score (nSPS) is 39.6. The van der Waals surface area contributed by atoms with E-state index in [0.29, 0.717) is 24.7 Å². The lowest BCUT2D eigenvalue weighted by Gasteiger charge is -2.55. The Hall–Kier alpha value is -1.28. The van der Waals surface area contributed by atoms with Crippen molar-refractivity contribution in [2.24, 2.45) is 17.8 Å². The zero-order chi connectivity index (χ0) is 21.7. The van der Waals surface area contributed by atoms with Crippen LogP contribution < -0.4 is 0 Å². The van der Waals surface area contributed by atoms with Gasteiger partial charge in [0.05, 0.1) is 18.6 Å². The van der Waals surface area contributed by atoms with Gasteiger partial charge in [-0.3, -0.25) is 4.79 Å². The summed E-state index contributed by atoms with van der Waals surface area (Å²) in [5.74, 6) is -4.41. The molecule has 4 bridgehead atoms. The van der Waals surface area contributed by atoms with Gasteiger partial charge in [0, 0.05) is 13.3 Å². The van der Waals surface area contributed by atoms with E-state index in [1.165, 1.54) is 19.3 Å². The summed E-state index contributed by atoms with van der Waals surface area (Å²) in [7, 11) is 0. The molecule has 1 saturated heterocycles. The van der Waals surface area contributed by atoms with Gasteiger partial charge in [-0.15, -0.1) is 0 Å². The van der Waals surface area contributed by atoms with Crippen molar-refractivity contribution >= 4 is 11.9 Å². The number of alkyl halides is 2. The number of halogens is 2. The van der Waals surface area contributed by atoms with Crippen LogP contribution in [0.1, 0.15) is 72.1 Å². The van der Waals surface area contributed by atoms with Gasteiger partial charge in [0.25, 0.3) is 0 Å². The van der Waals surface area contributed by atoms with Crippen molar-refractivity contribution in [3.63, 3.8) is 0 Å². The van der Waals surface area contributed by atoms with Crippen molar-refractivity contribution < 1.29 is 37.3 Å². The molecular formula is C22H32F2O6. The standard InChI is InChI=1S/C22H32F2O6/c1-20(2)28-16(7-17(29-20)12-27-19(26)21(3,23)24)8-18(25)30-22-9-13-4-14(10-22)6-15(5-13)11-22/h13-17H,4-12H2,1-3H3. The minimum absolute atomic E-state index is 0.0723. The summed E-state index contributed by atoms with van der Waals surface area (Å²) in [6.45, 7) is 3.56. The SMILES string of the molecule is CC1(C)OC(COC(=O)C(C)(F)F)CC(CC(=O)OC23CC4CC(CC(C4)C2)C3)O1. The third-order valence-corrected chi connectivity index (χ3v) is 6.89. The van der Waals surface area contributed by atoms with Crippen molar-refractivity contribution in [2.45, 2.75) is 102 Å². The second kappa shape index (κ2) is 7.69. The quantitative estimate of drug-likeness (QED) is 0.594. The molecule has 6 nitrogen and oxygen atoms in total. The first kappa shape index (κ1) is 21.9. The molecule has 0 spiro atoms. The van der Waals surface area contributed by atoms with E-state index in [1.54, 1.807) is 13.8 Å². The highest BCUT2D eigenvalue weighted by Gasteiger charge is 2.53. The van der Waals surface area contributed by atoms with Crippen molar-refractivity contribution in [2.75, 3.05) is 6.61 Å². The Morgan fingerprint density at radius 1 is 0.967 bits per heavy atom. The van der Waals surface area contributed by atoms with Crippen LogP contribution in [-0.4, -0.2) is 48.1 Å². The second-order valence-electron chi connectivity index (χ2n) is 10.4. The Kier molecular flexibility index (Phi) is 5.62. The van der Waals surface area contributed by atoms with Crippen molar-refractivity contribution in [3.05, 3.63) is 0 Å². The number of carbonyl (C=O) groups is 2. The molecule has 5 aliphatic rings. The fourth-order valence-electron chi connectivity index (χ4n) is 6.37. The van der Waals surface area contributed by atoms with E-state index >= 15 is 0 Å². The number of rotatable bonds is 6. The van der Waals surface area contributed by atoms with Gasteiger partial charge in [0.2, 0.25) is 0 Å². The Morgan fingerprint density at radius 3 is 2.03 bits per heavy atom. The molecule has 5 fully saturated rings. The molecule has 170 valence electrons. The molecule has 4 saturated carbocycles. The van der Waals surface area contributed by atoms with Crippen LogP contribution in [0.25, 0.3) is 0 Å². The maximum Gasteiger partial charge on any atom is 0.376 e. The molecule has 0 amide bonds. The van der Waals surface area contributed by atoms with Crippen LogP contribution in [0, 0.1) is 17.8 Å². The molecule has 30 heavy (non-hydrogen) atoms. The van der Waals surface area contributed by atoms with Crippen LogP contribution in [0.4, 0.5) is 8.78 Å². The van der Waals surface area contributed by atoms with E-state index in [-0.39, 0.29) is 31.0 Å². The van der Waals surface area contributed by atoms with E-state index < -0.39 is 29.9 Å². The zero-order valence-corrected chi connectivity index (χ0v) is 18.0. The number of hydrogen-bond acceptors (Lipinski definition) is 6. The van der Waals surface area contributed by atoms with Gasteiger partial charge >= 0.3 is 17.9 Å². The molecule has 0 aromatic heterocycles. The summed E-state index contributed by atoms with van der Waals surface area (Å²) in [4.78, 5) is 24.1. The Bertz CT molecular complexity index is 650. The van der Waals surface area contributed by atoms with Crippen LogP contribution in [0.5, 0.6) is 0 Å². The second-order valence-corrected chi connectivity index (χ2v) is 10.4. The average molecular weight is 430 g/mol. The molecule has 8 heteroatoms. The van der Waals surface area contributed by atoms with Gasteiger partial charge < -0.3 is 18.9 Å². The van der Waals surface area contributed by atoms with Gasteiger partial charge in [-0.1, -0.05) is 0 Å². The van der Waals surface area contributed by atoms with Gasteiger partial charge in [0.15, 0.2) is 5.79 Å². The molecule has 0 radical (unpaired) electrons. The molecular weight excluding hydrogens is 398 g/mol. The predicted molar refractivity (Wildman–Crippen MR) is 102 cm³/mol. The third-order valence-electron chi connectivity index (χ3n) is 6.89. The van der Waals surface area contributed by atoms with Crippen LogP contribution in [0.3, 0.4) is 0 Å². The first-order valence-electron chi connectivity index (χ1n) is 11.0. The monoisotopic (exact) mass is 430 g/mol. The number of carbonyl (C=O) groups excluding carboxylic acids is 2. The van der Waals surface area contributed by atoms with Gasteiger partial charge in [0.1, 0.15) is 12.2 Å². The van der Waals surface area contributed by atoms with Crippen LogP contribution in [0.2, 0.25) is 0 Å². The van der Waals surface area contributed by atoms with Gasteiger partial charge in [-0.05, 0) is 70.1 Å². The average Bonchev–Trinajstić information content (AvgIpc) is 2.55. The molecule has 2 unspecified atom stereocenters. The van der Waals surface area contributed by atoms with Crippen molar-refractivity contribution in [1.82, 2.24) is 0 Å². The Morgan fingerprint density at radius 2 is 1.50 bits per heavy atom. The summed E-state index contributed by atoms with van der Waals surface area (Å²) in [6, 6.07) is 0. The molecule has 0 aromatic carbocycles. The molecule has 1 aliphatic heterocycles. The van der Waals surface area contributed by atoms with E-state index in [1.807, 2.05) is 0 Å². The number of esters is 2. The fraction of sp³-hybridized carbons (Fsp3) is 0.909. The summed E-state index contributed by atoms with van der Waals surface area (Å²) >= 11 is 0. The molecule has 0 N–H and O–H groups in total.